The number of nitrogens with one attached hydrogen (secondary N) is 1. The molecule has 0 radical (unpaired) electrons. The van der Waals surface area contributed by atoms with E-state index in [4.69, 9.17) is 34.8 Å². The van der Waals surface area contributed by atoms with E-state index in [9.17, 15) is 0 Å². The van der Waals surface area contributed by atoms with Gasteiger partial charge in [0.1, 0.15) is 5.17 Å². The third-order valence-electron chi connectivity index (χ3n) is 1.26. The van der Waals surface area contributed by atoms with Crippen molar-refractivity contribution in [3.8, 4) is 0 Å². The van der Waals surface area contributed by atoms with Crippen molar-refractivity contribution in [1.29, 1.82) is 0 Å². The van der Waals surface area contributed by atoms with Crippen LogP contribution in [0.2, 0.25) is 10.0 Å². The summed E-state index contributed by atoms with van der Waals surface area (Å²) in [6, 6.07) is 5.08. The van der Waals surface area contributed by atoms with Crippen LogP contribution in [0.4, 0.5) is 5.69 Å². The number of nitrogens with zero attached hydrogens (tertiary/aromatic N) is 1. The highest BCUT2D eigenvalue weighted by atomic mass is 35.5. The lowest BCUT2D eigenvalue weighted by Crippen LogP contribution is -1.91. The van der Waals surface area contributed by atoms with Crippen LogP contribution in [-0.2, 0) is 0 Å². The van der Waals surface area contributed by atoms with Crippen molar-refractivity contribution in [1.82, 2.24) is 0 Å². The molecule has 0 aromatic heterocycles. The van der Waals surface area contributed by atoms with Crippen LogP contribution in [0.1, 0.15) is 6.92 Å². The van der Waals surface area contributed by atoms with Gasteiger partial charge in [-0.15, -0.1) is 0 Å². The Labute approximate surface area is 91.5 Å². The molecule has 0 saturated heterocycles. The van der Waals surface area contributed by atoms with Crippen molar-refractivity contribution in [3.63, 3.8) is 0 Å². The predicted octanol–water partition coefficient (Wildman–Crippen LogP) is 3.98. The molecule has 0 heterocycles. The number of hydrogen-bond acceptors (Lipinski definition) is 2. The molecular weight excluding hydrogens is 230 g/mol. The molecular formula is C8H7Cl3N2. The number of hydrogen-bond donors (Lipinski definition) is 1. The first kappa shape index (κ1) is 10.6. The molecule has 1 aromatic carbocycles. The fourth-order valence-electron chi connectivity index (χ4n) is 0.717. The molecule has 0 bridgehead atoms. The monoisotopic (exact) mass is 236 g/mol. The van der Waals surface area contributed by atoms with E-state index in [1.54, 1.807) is 25.1 Å². The van der Waals surface area contributed by atoms with Gasteiger partial charge in [-0.1, -0.05) is 34.8 Å². The van der Waals surface area contributed by atoms with Crippen LogP contribution in [0.5, 0.6) is 0 Å². The van der Waals surface area contributed by atoms with E-state index in [1.165, 1.54) is 0 Å². The van der Waals surface area contributed by atoms with E-state index in [-0.39, 0.29) is 0 Å². The van der Waals surface area contributed by atoms with E-state index in [1.807, 2.05) is 0 Å². The number of rotatable bonds is 2. The predicted molar refractivity (Wildman–Crippen MR) is 59.0 cm³/mol. The first-order valence-corrected chi connectivity index (χ1v) is 4.64. The van der Waals surface area contributed by atoms with E-state index >= 15 is 0 Å². The Morgan fingerprint density at radius 2 is 2.08 bits per heavy atom. The highest BCUT2D eigenvalue weighted by Gasteiger charge is 1.98. The van der Waals surface area contributed by atoms with Gasteiger partial charge >= 0.3 is 0 Å². The topological polar surface area (TPSA) is 24.4 Å². The molecule has 0 aliphatic heterocycles. The number of hydrazone groups is 1. The molecule has 0 aliphatic carbocycles. The molecule has 13 heavy (non-hydrogen) atoms. The average Bonchev–Trinajstić information content (AvgIpc) is 2.02. The summed E-state index contributed by atoms with van der Waals surface area (Å²) in [6.45, 7) is 1.67. The Hall–Kier alpha value is -0.440. The number of halogens is 3. The quantitative estimate of drug-likeness (QED) is 0.611. The molecule has 0 aliphatic rings. The molecule has 1 N–H and O–H groups in total. The largest absolute Gasteiger partial charge is 0.276 e. The maximum atomic E-state index is 5.85. The number of benzene rings is 1. The smallest absolute Gasteiger partial charge is 0.123 e. The van der Waals surface area contributed by atoms with Gasteiger partial charge in [-0.05, 0) is 25.1 Å². The summed E-state index contributed by atoms with van der Waals surface area (Å²) in [5.41, 5.74) is 3.38. The zero-order valence-corrected chi connectivity index (χ0v) is 9.08. The van der Waals surface area contributed by atoms with E-state index in [0.717, 1.165) is 0 Å². The van der Waals surface area contributed by atoms with E-state index in [0.29, 0.717) is 20.9 Å². The zero-order valence-electron chi connectivity index (χ0n) is 6.81. The summed E-state index contributed by atoms with van der Waals surface area (Å²) in [7, 11) is 0. The summed E-state index contributed by atoms with van der Waals surface area (Å²) in [5.74, 6) is 0. The van der Waals surface area contributed by atoms with Crippen molar-refractivity contribution >= 4 is 45.7 Å². The summed E-state index contributed by atoms with van der Waals surface area (Å²) >= 11 is 17.1. The molecule has 0 spiro atoms. The van der Waals surface area contributed by atoms with Crippen molar-refractivity contribution in [3.05, 3.63) is 28.2 Å². The molecule has 70 valence electrons. The van der Waals surface area contributed by atoms with Crippen LogP contribution >= 0.6 is 34.8 Å². The van der Waals surface area contributed by atoms with Crippen molar-refractivity contribution < 1.29 is 0 Å². The highest BCUT2D eigenvalue weighted by molar-refractivity contribution is 6.64. The van der Waals surface area contributed by atoms with E-state index in [2.05, 4.69) is 10.5 Å². The Morgan fingerprint density at radius 3 is 2.62 bits per heavy atom. The lowest BCUT2D eigenvalue weighted by Gasteiger charge is -2.02. The Morgan fingerprint density at radius 1 is 1.38 bits per heavy atom. The van der Waals surface area contributed by atoms with Gasteiger partial charge in [0, 0.05) is 5.02 Å². The van der Waals surface area contributed by atoms with Gasteiger partial charge in [-0.2, -0.15) is 5.10 Å². The summed E-state index contributed by atoms with van der Waals surface area (Å²) in [5, 5.41) is 5.29. The minimum Gasteiger partial charge on any atom is -0.276 e. The fourth-order valence-corrected chi connectivity index (χ4v) is 1.21. The normalized spacial score (nSPS) is 11.5. The van der Waals surface area contributed by atoms with Gasteiger partial charge in [0.05, 0.1) is 10.7 Å². The van der Waals surface area contributed by atoms with Crippen LogP contribution in [0.15, 0.2) is 23.3 Å². The van der Waals surface area contributed by atoms with Crippen molar-refractivity contribution in [2.75, 3.05) is 5.43 Å². The van der Waals surface area contributed by atoms with Crippen molar-refractivity contribution in [2.45, 2.75) is 6.92 Å². The summed E-state index contributed by atoms with van der Waals surface area (Å²) in [4.78, 5) is 0. The maximum absolute atomic E-state index is 5.85. The second kappa shape index (κ2) is 4.70. The van der Waals surface area contributed by atoms with Gasteiger partial charge in [-0.3, -0.25) is 5.43 Å². The summed E-state index contributed by atoms with van der Waals surface area (Å²) < 4.78 is 0. The second-order valence-corrected chi connectivity index (χ2v) is 3.74. The zero-order chi connectivity index (χ0) is 9.84. The average molecular weight is 238 g/mol. The van der Waals surface area contributed by atoms with Crippen LogP contribution in [-0.4, -0.2) is 5.17 Å². The molecule has 0 unspecified atom stereocenters. The Bertz CT molecular complexity index is 332. The molecule has 5 heteroatoms. The standard InChI is InChI=1S/C8H7Cl3N2/c1-5(9)12-13-8-3-2-6(10)4-7(8)11/h2-4,13H,1H3/b12-5-. The molecule has 2 nitrogen and oxygen atoms in total. The third-order valence-corrected chi connectivity index (χ3v) is 1.89. The minimum atomic E-state index is 0.408. The Balaban J connectivity index is 2.84. The minimum absolute atomic E-state index is 0.408. The van der Waals surface area contributed by atoms with Crippen molar-refractivity contribution in [2.24, 2.45) is 5.10 Å². The summed E-state index contributed by atoms with van der Waals surface area (Å²) in [6.07, 6.45) is 0. The third kappa shape index (κ3) is 3.43. The first-order chi connectivity index (χ1) is 6.09. The second-order valence-electron chi connectivity index (χ2n) is 2.34. The molecule has 0 fully saturated rings. The van der Waals surface area contributed by atoms with Gasteiger partial charge < -0.3 is 0 Å². The lowest BCUT2D eigenvalue weighted by molar-refractivity contribution is 1.34. The van der Waals surface area contributed by atoms with Crippen LogP contribution in [0.3, 0.4) is 0 Å². The van der Waals surface area contributed by atoms with Gasteiger partial charge in [-0.25, -0.2) is 0 Å². The maximum Gasteiger partial charge on any atom is 0.123 e. The van der Waals surface area contributed by atoms with Gasteiger partial charge in [0.2, 0.25) is 0 Å². The molecule has 1 rings (SSSR count). The Kier molecular flexibility index (Phi) is 3.85. The lowest BCUT2D eigenvalue weighted by atomic mass is 10.3. The fraction of sp³-hybridized carbons (Fsp3) is 0.125. The molecule has 0 amide bonds. The van der Waals surface area contributed by atoms with Crippen LogP contribution in [0.25, 0.3) is 0 Å². The number of anilines is 1. The van der Waals surface area contributed by atoms with Crippen LogP contribution < -0.4 is 5.43 Å². The molecule has 0 atom stereocenters. The first-order valence-electron chi connectivity index (χ1n) is 3.50. The van der Waals surface area contributed by atoms with Gasteiger partial charge in [0.25, 0.3) is 0 Å². The molecule has 1 aromatic rings. The highest BCUT2D eigenvalue weighted by Crippen LogP contribution is 2.25. The van der Waals surface area contributed by atoms with E-state index < -0.39 is 0 Å². The SMILES string of the molecule is C/C(Cl)=N/Nc1ccc(Cl)cc1Cl. The van der Waals surface area contributed by atoms with Crippen LogP contribution in [0, 0.1) is 0 Å². The van der Waals surface area contributed by atoms with Gasteiger partial charge in [0.15, 0.2) is 0 Å². The molecule has 0 saturated carbocycles.